The summed E-state index contributed by atoms with van der Waals surface area (Å²) in [7, 11) is 0. The molecule has 0 atom stereocenters. The normalized spacial score (nSPS) is 19.2. The van der Waals surface area contributed by atoms with Gasteiger partial charge in [-0.1, -0.05) is 18.2 Å². The van der Waals surface area contributed by atoms with Gasteiger partial charge < -0.3 is 14.5 Å². The number of halogens is 3. The highest BCUT2D eigenvalue weighted by Gasteiger charge is 2.35. The van der Waals surface area contributed by atoms with Crippen LogP contribution in [0.15, 0.2) is 24.3 Å². The summed E-state index contributed by atoms with van der Waals surface area (Å²) in [4.78, 5) is 28.4. The Kier molecular flexibility index (Phi) is 6.04. The van der Waals surface area contributed by atoms with Crippen molar-refractivity contribution in [3.63, 3.8) is 0 Å². The van der Waals surface area contributed by atoms with Crippen LogP contribution in [0.3, 0.4) is 0 Å². The van der Waals surface area contributed by atoms with Crippen molar-refractivity contribution in [2.45, 2.75) is 25.4 Å². The maximum atomic E-state index is 13.1. The number of nitrogens with zero attached hydrogens (tertiary/aromatic N) is 2. The van der Waals surface area contributed by atoms with Crippen LogP contribution in [-0.4, -0.2) is 61.0 Å². The molecule has 2 aliphatic heterocycles. The number of piperidine rings is 1. The predicted octanol–water partition coefficient (Wildman–Crippen LogP) is 2.35. The number of benzene rings is 1. The van der Waals surface area contributed by atoms with E-state index in [1.807, 2.05) is 0 Å². The average Bonchev–Trinajstić information content (AvgIpc) is 2.68. The Bertz CT molecular complexity index is 679. The van der Waals surface area contributed by atoms with Gasteiger partial charge in [-0.2, -0.15) is 13.2 Å². The number of ether oxygens (including phenoxy) is 1. The van der Waals surface area contributed by atoms with E-state index in [2.05, 4.69) is 0 Å². The van der Waals surface area contributed by atoms with Crippen LogP contribution in [0.4, 0.5) is 13.2 Å². The average molecular weight is 384 g/mol. The summed E-state index contributed by atoms with van der Waals surface area (Å²) in [5, 5.41) is 0. The van der Waals surface area contributed by atoms with Gasteiger partial charge in [-0.15, -0.1) is 0 Å². The fourth-order valence-electron chi connectivity index (χ4n) is 3.64. The van der Waals surface area contributed by atoms with E-state index in [-0.39, 0.29) is 29.7 Å². The summed E-state index contributed by atoms with van der Waals surface area (Å²) in [6.45, 7) is 3.06. The topological polar surface area (TPSA) is 49.9 Å². The van der Waals surface area contributed by atoms with E-state index in [1.54, 1.807) is 9.80 Å². The van der Waals surface area contributed by atoms with Gasteiger partial charge in [-0.25, -0.2) is 0 Å². The minimum atomic E-state index is -4.48. The molecule has 2 amide bonds. The van der Waals surface area contributed by atoms with Gasteiger partial charge in [0.15, 0.2) is 0 Å². The highest BCUT2D eigenvalue weighted by Crippen LogP contribution is 2.32. The Morgan fingerprint density at radius 1 is 1.00 bits per heavy atom. The van der Waals surface area contributed by atoms with Crippen LogP contribution >= 0.6 is 0 Å². The van der Waals surface area contributed by atoms with Gasteiger partial charge in [0.05, 0.1) is 25.2 Å². The Balaban J connectivity index is 1.55. The molecule has 0 aromatic heterocycles. The first-order valence-electron chi connectivity index (χ1n) is 9.15. The number of hydrogen-bond acceptors (Lipinski definition) is 3. The second kappa shape index (κ2) is 8.29. The molecular formula is C19H23F3N2O3. The molecule has 8 heteroatoms. The van der Waals surface area contributed by atoms with Crippen LogP contribution in [0.25, 0.3) is 0 Å². The Morgan fingerprint density at radius 2 is 1.63 bits per heavy atom. The van der Waals surface area contributed by atoms with Crippen molar-refractivity contribution in [2.75, 3.05) is 39.4 Å². The van der Waals surface area contributed by atoms with Gasteiger partial charge in [0.25, 0.3) is 0 Å². The Labute approximate surface area is 156 Å². The van der Waals surface area contributed by atoms with Crippen LogP contribution in [0.2, 0.25) is 0 Å². The fourth-order valence-corrected chi connectivity index (χ4v) is 3.64. The number of rotatable bonds is 3. The number of likely N-dealkylation sites (tertiary alicyclic amines) is 1. The lowest BCUT2D eigenvalue weighted by atomic mass is 9.94. The zero-order valence-electron chi connectivity index (χ0n) is 15.0. The van der Waals surface area contributed by atoms with Crippen molar-refractivity contribution in [1.29, 1.82) is 0 Å². The lowest BCUT2D eigenvalue weighted by Gasteiger charge is -2.35. The second-order valence-electron chi connectivity index (χ2n) is 6.92. The molecule has 0 aliphatic carbocycles. The molecule has 3 rings (SSSR count). The summed E-state index contributed by atoms with van der Waals surface area (Å²) in [5.74, 6) is -0.369. The zero-order chi connectivity index (χ0) is 19.4. The van der Waals surface area contributed by atoms with Gasteiger partial charge in [-0.3, -0.25) is 9.59 Å². The molecule has 148 valence electrons. The van der Waals surface area contributed by atoms with E-state index in [0.29, 0.717) is 52.2 Å². The molecule has 2 heterocycles. The molecule has 1 aromatic carbocycles. The third-order valence-corrected chi connectivity index (χ3v) is 5.18. The molecule has 0 unspecified atom stereocenters. The minimum Gasteiger partial charge on any atom is -0.378 e. The van der Waals surface area contributed by atoms with E-state index < -0.39 is 11.7 Å². The van der Waals surface area contributed by atoms with Crippen LogP contribution in [-0.2, 0) is 26.9 Å². The minimum absolute atomic E-state index is 0.0125. The number of carbonyl (C=O) groups is 2. The highest BCUT2D eigenvalue weighted by atomic mass is 19.4. The summed E-state index contributed by atoms with van der Waals surface area (Å²) in [6, 6.07) is 5.16. The zero-order valence-corrected chi connectivity index (χ0v) is 15.0. The van der Waals surface area contributed by atoms with E-state index in [0.717, 1.165) is 6.07 Å². The number of carbonyl (C=O) groups excluding carboxylic acids is 2. The molecule has 0 saturated carbocycles. The largest absolute Gasteiger partial charge is 0.416 e. The monoisotopic (exact) mass is 384 g/mol. The Hall–Kier alpha value is -2.09. The van der Waals surface area contributed by atoms with Crippen molar-refractivity contribution < 1.29 is 27.5 Å². The van der Waals surface area contributed by atoms with Crippen molar-refractivity contribution in [1.82, 2.24) is 9.80 Å². The molecule has 0 spiro atoms. The standard InChI is InChI=1S/C19H23F3N2O3/c20-19(21,22)16-4-2-1-3-15(16)13-17(25)23-7-5-14(6-8-23)18(26)24-9-11-27-12-10-24/h1-4,14H,5-13H2. The van der Waals surface area contributed by atoms with Crippen LogP contribution in [0.5, 0.6) is 0 Å². The van der Waals surface area contributed by atoms with E-state index in [9.17, 15) is 22.8 Å². The van der Waals surface area contributed by atoms with Gasteiger partial charge >= 0.3 is 6.18 Å². The molecule has 2 fully saturated rings. The SMILES string of the molecule is O=C(Cc1ccccc1C(F)(F)F)N1CCC(C(=O)N2CCOCC2)CC1. The van der Waals surface area contributed by atoms with E-state index in [4.69, 9.17) is 4.74 Å². The lowest BCUT2D eigenvalue weighted by Crippen LogP contribution is -2.47. The highest BCUT2D eigenvalue weighted by molar-refractivity contribution is 5.81. The molecule has 5 nitrogen and oxygen atoms in total. The first-order valence-corrected chi connectivity index (χ1v) is 9.15. The third-order valence-electron chi connectivity index (χ3n) is 5.18. The molecule has 0 bridgehead atoms. The van der Waals surface area contributed by atoms with Gasteiger partial charge in [0.2, 0.25) is 11.8 Å². The van der Waals surface area contributed by atoms with Gasteiger partial charge in [0.1, 0.15) is 0 Å². The second-order valence-corrected chi connectivity index (χ2v) is 6.92. The molecule has 27 heavy (non-hydrogen) atoms. The predicted molar refractivity (Wildman–Crippen MR) is 91.9 cm³/mol. The lowest BCUT2D eigenvalue weighted by molar-refractivity contribution is -0.144. The summed E-state index contributed by atoms with van der Waals surface area (Å²) in [6.07, 6.45) is -3.67. The van der Waals surface area contributed by atoms with Crippen LogP contribution in [0.1, 0.15) is 24.0 Å². The van der Waals surface area contributed by atoms with Crippen molar-refractivity contribution >= 4 is 11.8 Å². The third kappa shape index (κ3) is 4.80. The van der Waals surface area contributed by atoms with E-state index >= 15 is 0 Å². The van der Waals surface area contributed by atoms with Gasteiger partial charge in [0, 0.05) is 32.1 Å². The molecular weight excluding hydrogens is 361 g/mol. The van der Waals surface area contributed by atoms with Crippen molar-refractivity contribution in [3.8, 4) is 0 Å². The maximum absolute atomic E-state index is 13.1. The number of morpholine rings is 1. The number of hydrogen-bond donors (Lipinski definition) is 0. The van der Waals surface area contributed by atoms with Crippen LogP contribution < -0.4 is 0 Å². The summed E-state index contributed by atoms with van der Waals surface area (Å²) < 4.78 is 44.5. The summed E-state index contributed by atoms with van der Waals surface area (Å²) >= 11 is 0. The smallest absolute Gasteiger partial charge is 0.378 e. The molecule has 2 aliphatic rings. The fraction of sp³-hybridized carbons (Fsp3) is 0.579. The summed E-state index contributed by atoms with van der Waals surface area (Å²) in [5.41, 5.74) is -0.780. The first-order chi connectivity index (χ1) is 12.9. The van der Waals surface area contributed by atoms with Crippen LogP contribution in [0, 0.1) is 5.92 Å². The molecule has 2 saturated heterocycles. The quantitative estimate of drug-likeness (QED) is 0.804. The maximum Gasteiger partial charge on any atom is 0.416 e. The van der Waals surface area contributed by atoms with E-state index in [1.165, 1.54) is 18.2 Å². The molecule has 0 N–H and O–H groups in total. The van der Waals surface area contributed by atoms with Crippen molar-refractivity contribution in [2.24, 2.45) is 5.92 Å². The number of amides is 2. The van der Waals surface area contributed by atoms with Gasteiger partial charge in [-0.05, 0) is 24.5 Å². The molecule has 1 aromatic rings. The first kappa shape index (κ1) is 19.7. The Morgan fingerprint density at radius 3 is 2.26 bits per heavy atom. The molecule has 0 radical (unpaired) electrons. The number of alkyl halides is 3. The van der Waals surface area contributed by atoms with Crippen molar-refractivity contribution in [3.05, 3.63) is 35.4 Å².